The van der Waals surface area contributed by atoms with Crippen LogP contribution in [0.2, 0.25) is 0 Å². The van der Waals surface area contributed by atoms with Gasteiger partial charge in [0.25, 0.3) is 0 Å². The fraction of sp³-hybridized carbons (Fsp3) is 0.500. The van der Waals surface area contributed by atoms with Crippen molar-refractivity contribution in [3.63, 3.8) is 0 Å². The molecule has 6 nitrogen and oxygen atoms in total. The Bertz CT molecular complexity index is 696. The summed E-state index contributed by atoms with van der Waals surface area (Å²) in [5.74, 6) is -0.402. The lowest BCUT2D eigenvalue weighted by molar-refractivity contribution is 0.106. The number of aryl methyl sites for hydroxylation is 1. The van der Waals surface area contributed by atoms with Crippen molar-refractivity contribution in [3.05, 3.63) is 29.8 Å². The maximum atomic E-state index is 12.3. The van der Waals surface area contributed by atoms with Gasteiger partial charge in [0.2, 0.25) is 10.0 Å². The third-order valence-corrected chi connectivity index (χ3v) is 6.40. The molecule has 112 valence electrons. The van der Waals surface area contributed by atoms with E-state index in [9.17, 15) is 16.8 Å². The van der Waals surface area contributed by atoms with Gasteiger partial charge in [-0.2, -0.15) is 0 Å². The maximum absolute atomic E-state index is 12.3. The van der Waals surface area contributed by atoms with Crippen LogP contribution in [0, 0.1) is 6.92 Å². The highest BCUT2D eigenvalue weighted by Crippen LogP contribution is 2.19. The second-order valence-electron chi connectivity index (χ2n) is 4.90. The van der Waals surface area contributed by atoms with Gasteiger partial charge < -0.3 is 4.74 Å². The van der Waals surface area contributed by atoms with E-state index in [1.54, 1.807) is 19.1 Å². The van der Waals surface area contributed by atoms with E-state index >= 15 is 0 Å². The number of benzene rings is 1. The minimum atomic E-state index is -3.75. The molecule has 0 saturated carbocycles. The van der Waals surface area contributed by atoms with Crippen molar-refractivity contribution >= 4 is 19.9 Å². The summed E-state index contributed by atoms with van der Waals surface area (Å²) in [6.07, 6.45) is -0.653. The van der Waals surface area contributed by atoms with Crippen LogP contribution < -0.4 is 4.72 Å². The third-order valence-electron chi connectivity index (χ3n) is 3.21. The number of hydrogen-bond donors (Lipinski definition) is 1. The predicted molar refractivity (Wildman–Crippen MR) is 74.7 cm³/mol. The van der Waals surface area contributed by atoms with Crippen molar-refractivity contribution in [3.8, 4) is 0 Å². The van der Waals surface area contributed by atoms with Crippen molar-refractivity contribution in [2.45, 2.75) is 24.0 Å². The molecule has 1 N–H and O–H groups in total. The molecular formula is C12H17NO5S2. The largest absolute Gasteiger partial charge is 0.379 e. The number of hydrogen-bond acceptors (Lipinski definition) is 5. The fourth-order valence-electron chi connectivity index (χ4n) is 2.21. The zero-order valence-corrected chi connectivity index (χ0v) is 12.9. The number of sulfone groups is 1. The SMILES string of the molecule is CO[C@H]1CS(=O)(=O)C[C@@H]1NS(=O)(=O)c1cccc(C)c1. The van der Waals surface area contributed by atoms with Gasteiger partial charge in [0.15, 0.2) is 9.84 Å². The van der Waals surface area contributed by atoms with Gasteiger partial charge in [-0.05, 0) is 24.6 Å². The molecule has 2 rings (SSSR count). The molecule has 1 fully saturated rings. The molecule has 1 aliphatic rings. The number of nitrogens with one attached hydrogen (secondary N) is 1. The summed E-state index contributed by atoms with van der Waals surface area (Å²) in [6.45, 7) is 1.79. The predicted octanol–water partition coefficient (Wildman–Crippen LogP) is 0.0853. The first-order valence-electron chi connectivity index (χ1n) is 6.06. The average Bonchev–Trinajstić information content (AvgIpc) is 2.63. The van der Waals surface area contributed by atoms with E-state index < -0.39 is 32.0 Å². The van der Waals surface area contributed by atoms with Crippen molar-refractivity contribution in [2.75, 3.05) is 18.6 Å². The standard InChI is InChI=1S/C12H17NO5S2/c1-9-4-3-5-10(6-9)20(16,17)13-11-7-19(14,15)8-12(11)18-2/h3-6,11-13H,7-8H2,1-2H3/t11-,12-/m0/s1. The molecule has 8 heteroatoms. The minimum absolute atomic E-state index is 0.122. The first-order chi connectivity index (χ1) is 9.23. The van der Waals surface area contributed by atoms with Crippen LogP contribution in [0.1, 0.15) is 5.56 Å². The number of methoxy groups -OCH3 is 1. The van der Waals surface area contributed by atoms with Gasteiger partial charge >= 0.3 is 0 Å². The molecule has 1 saturated heterocycles. The van der Waals surface area contributed by atoms with E-state index in [0.717, 1.165) is 5.56 Å². The highest BCUT2D eigenvalue weighted by Gasteiger charge is 2.40. The van der Waals surface area contributed by atoms with Crippen molar-refractivity contribution < 1.29 is 21.6 Å². The normalized spacial score (nSPS) is 25.7. The smallest absolute Gasteiger partial charge is 0.240 e. The molecule has 0 aliphatic carbocycles. The van der Waals surface area contributed by atoms with Crippen LogP contribution in [0.15, 0.2) is 29.2 Å². The third kappa shape index (κ3) is 3.38. The van der Waals surface area contributed by atoms with Gasteiger partial charge in [-0.25, -0.2) is 21.6 Å². The van der Waals surface area contributed by atoms with Gasteiger partial charge in [0.1, 0.15) is 0 Å². The summed E-state index contributed by atoms with van der Waals surface area (Å²) in [5, 5.41) is 0. The number of sulfonamides is 1. The van der Waals surface area contributed by atoms with Crippen molar-refractivity contribution in [1.82, 2.24) is 4.72 Å². The quantitative estimate of drug-likeness (QED) is 0.849. The molecule has 0 amide bonds. The highest BCUT2D eigenvalue weighted by atomic mass is 32.2. The van der Waals surface area contributed by atoms with Gasteiger partial charge in [0, 0.05) is 7.11 Å². The minimum Gasteiger partial charge on any atom is -0.379 e. The maximum Gasteiger partial charge on any atom is 0.240 e. The molecule has 0 aromatic heterocycles. The zero-order valence-electron chi connectivity index (χ0n) is 11.2. The number of rotatable bonds is 4. The van der Waals surface area contributed by atoms with E-state index in [-0.39, 0.29) is 16.4 Å². The van der Waals surface area contributed by atoms with E-state index in [1.165, 1.54) is 19.2 Å². The van der Waals surface area contributed by atoms with Gasteiger partial charge in [-0.1, -0.05) is 12.1 Å². The first-order valence-corrected chi connectivity index (χ1v) is 9.36. The van der Waals surface area contributed by atoms with Crippen LogP contribution in [0.5, 0.6) is 0 Å². The molecule has 2 atom stereocenters. The Balaban J connectivity index is 2.25. The molecule has 0 unspecified atom stereocenters. The van der Waals surface area contributed by atoms with Crippen LogP contribution in [0.4, 0.5) is 0 Å². The highest BCUT2D eigenvalue weighted by molar-refractivity contribution is 7.92. The van der Waals surface area contributed by atoms with E-state index in [2.05, 4.69) is 4.72 Å². The molecule has 1 heterocycles. The molecule has 0 bridgehead atoms. The molecule has 0 spiro atoms. The lowest BCUT2D eigenvalue weighted by Gasteiger charge is -2.18. The molecule has 20 heavy (non-hydrogen) atoms. The van der Waals surface area contributed by atoms with Crippen molar-refractivity contribution in [1.29, 1.82) is 0 Å². The Morgan fingerprint density at radius 3 is 2.60 bits per heavy atom. The van der Waals surface area contributed by atoms with Crippen LogP contribution >= 0.6 is 0 Å². The average molecular weight is 319 g/mol. The van der Waals surface area contributed by atoms with E-state index in [1.807, 2.05) is 0 Å². The summed E-state index contributed by atoms with van der Waals surface area (Å²) in [6, 6.07) is 5.68. The summed E-state index contributed by atoms with van der Waals surface area (Å²) in [4.78, 5) is 0.122. The van der Waals surface area contributed by atoms with Crippen LogP contribution in [-0.4, -0.2) is 47.6 Å². The summed E-state index contributed by atoms with van der Waals surface area (Å²) >= 11 is 0. The second kappa shape index (κ2) is 5.44. The Morgan fingerprint density at radius 2 is 2.00 bits per heavy atom. The van der Waals surface area contributed by atoms with E-state index in [0.29, 0.717) is 0 Å². The summed E-state index contributed by atoms with van der Waals surface area (Å²) in [7, 11) is -5.65. The molecule has 0 radical (unpaired) electrons. The lowest BCUT2D eigenvalue weighted by atomic mass is 10.2. The first kappa shape index (κ1) is 15.4. The van der Waals surface area contributed by atoms with Gasteiger partial charge in [-0.15, -0.1) is 0 Å². The molecular weight excluding hydrogens is 302 g/mol. The number of ether oxygens (including phenoxy) is 1. The monoisotopic (exact) mass is 319 g/mol. The van der Waals surface area contributed by atoms with E-state index in [4.69, 9.17) is 4.74 Å². The van der Waals surface area contributed by atoms with Crippen LogP contribution in [0.3, 0.4) is 0 Å². The Labute approximate surface area is 119 Å². The molecule has 1 aromatic rings. The Hall–Kier alpha value is -0.960. The fourth-order valence-corrected chi connectivity index (χ4v) is 5.53. The summed E-state index contributed by atoms with van der Waals surface area (Å²) < 4.78 is 55.1. The topological polar surface area (TPSA) is 89.5 Å². The summed E-state index contributed by atoms with van der Waals surface area (Å²) in [5.41, 5.74) is 0.815. The van der Waals surface area contributed by atoms with Gasteiger partial charge in [-0.3, -0.25) is 0 Å². The second-order valence-corrected chi connectivity index (χ2v) is 8.76. The van der Waals surface area contributed by atoms with Crippen LogP contribution in [-0.2, 0) is 24.6 Å². The van der Waals surface area contributed by atoms with Crippen LogP contribution in [0.25, 0.3) is 0 Å². The molecule has 1 aliphatic heterocycles. The van der Waals surface area contributed by atoms with Gasteiger partial charge in [0.05, 0.1) is 28.5 Å². The zero-order chi connectivity index (χ0) is 15.0. The Morgan fingerprint density at radius 1 is 1.30 bits per heavy atom. The lowest BCUT2D eigenvalue weighted by Crippen LogP contribution is -2.43. The van der Waals surface area contributed by atoms with Crippen molar-refractivity contribution in [2.24, 2.45) is 0 Å². The molecule has 1 aromatic carbocycles. The Kier molecular flexibility index (Phi) is 4.19.